The molecule has 1 aromatic heterocycles. The van der Waals surface area contributed by atoms with Crippen molar-refractivity contribution in [3.8, 4) is 0 Å². The van der Waals surface area contributed by atoms with E-state index in [2.05, 4.69) is 37.6 Å². The summed E-state index contributed by atoms with van der Waals surface area (Å²) in [5.41, 5.74) is 1.17. The molecule has 16 heavy (non-hydrogen) atoms. The standard InChI is InChI=1S/C12H18BrN3/c1-9-7-11(13)12(16-8-9)15-6-2-5-14-10-3-4-10/h7-8,10,14H,2-6H2,1H3,(H,15,16). The van der Waals surface area contributed by atoms with Crippen molar-refractivity contribution in [2.45, 2.75) is 32.2 Å². The van der Waals surface area contributed by atoms with Crippen LogP contribution in [-0.4, -0.2) is 24.1 Å². The Morgan fingerprint density at radius 1 is 1.44 bits per heavy atom. The molecule has 1 aliphatic carbocycles. The van der Waals surface area contributed by atoms with Crippen molar-refractivity contribution < 1.29 is 0 Å². The van der Waals surface area contributed by atoms with E-state index in [1.807, 2.05) is 13.1 Å². The van der Waals surface area contributed by atoms with Crippen molar-refractivity contribution in [3.05, 3.63) is 22.3 Å². The maximum absolute atomic E-state index is 4.34. The van der Waals surface area contributed by atoms with Gasteiger partial charge in [0, 0.05) is 18.8 Å². The summed E-state index contributed by atoms with van der Waals surface area (Å²) in [5.74, 6) is 0.942. The van der Waals surface area contributed by atoms with Gasteiger partial charge in [0.15, 0.2) is 0 Å². The zero-order valence-corrected chi connectivity index (χ0v) is 11.2. The van der Waals surface area contributed by atoms with Crippen molar-refractivity contribution in [1.82, 2.24) is 10.3 Å². The van der Waals surface area contributed by atoms with Crippen LogP contribution in [0.1, 0.15) is 24.8 Å². The molecule has 88 valence electrons. The number of aromatic nitrogens is 1. The Labute approximate surface area is 105 Å². The molecule has 4 heteroatoms. The van der Waals surface area contributed by atoms with E-state index in [4.69, 9.17) is 0 Å². The van der Waals surface area contributed by atoms with Gasteiger partial charge in [-0.15, -0.1) is 0 Å². The van der Waals surface area contributed by atoms with Gasteiger partial charge in [0.05, 0.1) is 4.47 Å². The van der Waals surface area contributed by atoms with Gasteiger partial charge < -0.3 is 10.6 Å². The van der Waals surface area contributed by atoms with Gasteiger partial charge in [-0.1, -0.05) is 0 Å². The summed E-state index contributed by atoms with van der Waals surface area (Å²) < 4.78 is 1.04. The number of pyridine rings is 1. The molecule has 0 bridgehead atoms. The lowest BCUT2D eigenvalue weighted by atomic mass is 10.3. The lowest BCUT2D eigenvalue weighted by Crippen LogP contribution is -2.20. The van der Waals surface area contributed by atoms with Crippen molar-refractivity contribution >= 4 is 21.7 Å². The molecule has 0 aliphatic heterocycles. The monoisotopic (exact) mass is 283 g/mol. The molecule has 2 rings (SSSR count). The predicted molar refractivity (Wildman–Crippen MR) is 70.8 cm³/mol. The van der Waals surface area contributed by atoms with Crippen LogP contribution in [0.4, 0.5) is 5.82 Å². The van der Waals surface area contributed by atoms with E-state index in [9.17, 15) is 0 Å². The summed E-state index contributed by atoms with van der Waals surface area (Å²) in [6.45, 7) is 4.11. The zero-order valence-electron chi connectivity index (χ0n) is 9.59. The third-order valence-corrected chi connectivity index (χ3v) is 3.24. The van der Waals surface area contributed by atoms with Gasteiger partial charge in [-0.2, -0.15) is 0 Å². The van der Waals surface area contributed by atoms with Crippen LogP contribution in [0, 0.1) is 6.92 Å². The van der Waals surface area contributed by atoms with Gasteiger partial charge in [-0.25, -0.2) is 4.98 Å². The molecule has 1 aromatic rings. The molecular formula is C12H18BrN3. The largest absolute Gasteiger partial charge is 0.369 e. The van der Waals surface area contributed by atoms with Gasteiger partial charge in [-0.05, 0) is 60.3 Å². The highest BCUT2D eigenvalue weighted by molar-refractivity contribution is 9.10. The third kappa shape index (κ3) is 3.76. The Hall–Kier alpha value is -0.610. The van der Waals surface area contributed by atoms with E-state index in [0.29, 0.717) is 0 Å². The van der Waals surface area contributed by atoms with Crippen molar-refractivity contribution in [1.29, 1.82) is 0 Å². The van der Waals surface area contributed by atoms with E-state index >= 15 is 0 Å². The van der Waals surface area contributed by atoms with Gasteiger partial charge in [-0.3, -0.25) is 0 Å². The number of rotatable bonds is 6. The van der Waals surface area contributed by atoms with Crippen LogP contribution in [0.2, 0.25) is 0 Å². The summed E-state index contributed by atoms with van der Waals surface area (Å²) >= 11 is 3.51. The first-order chi connectivity index (χ1) is 7.75. The molecule has 1 heterocycles. The minimum absolute atomic E-state index is 0.809. The van der Waals surface area contributed by atoms with Crippen molar-refractivity contribution in [3.63, 3.8) is 0 Å². The fraction of sp³-hybridized carbons (Fsp3) is 0.583. The summed E-state index contributed by atoms with van der Waals surface area (Å²) in [6, 6.07) is 2.89. The zero-order chi connectivity index (χ0) is 11.4. The predicted octanol–water partition coefficient (Wildman–Crippen LogP) is 2.71. The molecule has 0 aromatic carbocycles. The summed E-state index contributed by atoms with van der Waals surface area (Å²) in [4.78, 5) is 4.34. The highest BCUT2D eigenvalue weighted by Crippen LogP contribution is 2.20. The lowest BCUT2D eigenvalue weighted by molar-refractivity contribution is 0.658. The molecule has 1 aliphatic rings. The second kappa shape index (κ2) is 5.64. The van der Waals surface area contributed by atoms with Crippen LogP contribution < -0.4 is 10.6 Å². The number of anilines is 1. The van der Waals surface area contributed by atoms with Gasteiger partial charge in [0.2, 0.25) is 0 Å². The molecule has 1 saturated carbocycles. The van der Waals surface area contributed by atoms with Crippen molar-refractivity contribution in [2.24, 2.45) is 0 Å². The first-order valence-corrected chi connectivity index (χ1v) is 6.64. The van der Waals surface area contributed by atoms with Gasteiger partial charge in [0.1, 0.15) is 5.82 Å². The van der Waals surface area contributed by atoms with E-state index in [0.717, 1.165) is 35.8 Å². The second-order valence-corrected chi connectivity index (χ2v) is 5.21. The number of nitrogens with one attached hydrogen (secondary N) is 2. The highest BCUT2D eigenvalue weighted by atomic mass is 79.9. The molecule has 3 nitrogen and oxygen atoms in total. The Balaban J connectivity index is 1.67. The molecule has 2 N–H and O–H groups in total. The second-order valence-electron chi connectivity index (χ2n) is 4.35. The number of aryl methyl sites for hydroxylation is 1. The SMILES string of the molecule is Cc1cnc(NCCCNC2CC2)c(Br)c1. The van der Waals surface area contributed by atoms with Crippen LogP contribution in [0.25, 0.3) is 0 Å². The Morgan fingerprint density at radius 2 is 2.25 bits per heavy atom. The minimum Gasteiger partial charge on any atom is -0.369 e. The van der Waals surface area contributed by atoms with Crippen LogP contribution in [0.15, 0.2) is 16.7 Å². The maximum Gasteiger partial charge on any atom is 0.140 e. The minimum atomic E-state index is 0.809. The van der Waals surface area contributed by atoms with E-state index in [-0.39, 0.29) is 0 Å². The molecule has 0 saturated heterocycles. The van der Waals surface area contributed by atoms with Crippen LogP contribution >= 0.6 is 15.9 Å². The molecule has 0 amide bonds. The molecule has 0 unspecified atom stereocenters. The molecule has 0 spiro atoms. The van der Waals surface area contributed by atoms with Gasteiger partial charge >= 0.3 is 0 Å². The van der Waals surface area contributed by atoms with Crippen LogP contribution in [-0.2, 0) is 0 Å². The number of nitrogens with zero attached hydrogens (tertiary/aromatic N) is 1. The van der Waals surface area contributed by atoms with Crippen LogP contribution in [0.3, 0.4) is 0 Å². The number of hydrogen-bond donors (Lipinski definition) is 2. The quantitative estimate of drug-likeness (QED) is 0.789. The fourth-order valence-corrected chi connectivity index (χ4v) is 2.16. The van der Waals surface area contributed by atoms with E-state index < -0.39 is 0 Å². The molecule has 0 atom stereocenters. The smallest absolute Gasteiger partial charge is 0.140 e. The van der Waals surface area contributed by atoms with Crippen molar-refractivity contribution in [2.75, 3.05) is 18.4 Å². The first-order valence-electron chi connectivity index (χ1n) is 5.85. The highest BCUT2D eigenvalue weighted by Gasteiger charge is 2.19. The average molecular weight is 284 g/mol. The maximum atomic E-state index is 4.34. The number of hydrogen-bond acceptors (Lipinski definition) is 3. The average Bonchev–Trinajstić information content (AvgIpc) is 3.04. The molecule has 0 radical (unpaired) electrons. The van der Waals surface area contributed by atoms with Crippen LogP contribution in [0.5, 0.6) is 0 Å². The first kappa shape index (κ1) is 11.9. The summed E-state index contributed by atoms with van der Waals surface area (Å²) in [5, 5.41) is 6.83. The molecule has 1 fully saturated rings. The Morgan fingerprint density at radius 3 is 2.94 bits per heavy atom. The summed E-state index contributed by atoms with van der Waals surface area (Å²) in [7, 11) is 0. The topological polar surface area (TPSA) is 37.0 Å². The number of halogens is 1. The van der Waals surface area contributed by atoms with E-state index in [1.165, 1.54) is 18.4 Å². The molecular weight excluding hydrogens is 266 g/mol. The normalized spacial score (nSPS) is 15.1. The lowest BCUT2D eigenvalue weighted by Gasteiger charge is -2.08. The van der Waals surface area contributed by atoms with E-state index in [1.54, 1.807) is 0 Å². The Kier molecular flexibility index (Phi) is 4.18. The third-order valence-electron chi connectivity index (χ3n) is 2.63. The summed E-state index contributed by atoms with van der Waals surface area (Å²) in [6.07, 6.45) is 5.74. The fourth-order valence-electron chi connectivity index (χ4n) is 1.55. The van der Waals surface area contributed by atoms with Gasteiger partial charge in [0.25, 0.3) is 0 Å². The Bertz CT molecular complexity index is 350.